The number of halogens is 2. The summed E-state index contributed by atoms with van der Waals surface area (Å²) in [6, 6.07) is 9.65. The van der Waals surface area contributed by atoms with Gasteiger partial charge in [0.15, 0.2) is 0 Å². The van der Waals surface area contributed by atoms with Crippen molar-refractivity contribution < 1.29 is 9.59 Å². The first kappa shape index (κ1) is 19.5. The molecule has 0 radical (unpaired) electrons. The van der Waals surface area contributed by atoms with Gasteiger partial charge >= 0.3 is 0 Å². The molecule has 1 aromatic carbocycles. The Kier molecular flexibility index (Phi) is 5.04. The van der Waals surface area contributed by atoms with E-state index in [0.29, 0.717) is 24.4 Å². The molecule has 148 valence electrons. The number of carbonyl (C=O) groups excluding carboxylic acids is 2. The third-order valence-corrected chi connectivity index (χ3v) is 6.59. The highest BCUT2D eigenvalue weighted by Crippen LogP contribution is 2.45. The summed E-state index contributed by atoms with van der Waals surface area (Å²) in [5.74, 6) is 0.167. The van der Waals surface area contributed by atoms with Crippen LogP contribution in [0.5, 0.6) is 0 Å². The number of aromatic nitrogens is 1. The molecular formula is C21H23BrClN3O2. The van der Waals surface area contributed by atoms with E-state index in [0.717, 1.165) is 21.4 Å². The molecule has 4 rings (SSSR count). The summed E-state index contributed by atoms with van der Waals surface area (Å²) in [5.41, 5.74) is 2.78. The highest BCUT2D eigenvalue weighted by atomic mass is 79.9. The molecule has 2 aliphatic rings. The second-order valence-electron chi connectivity index (χ2n) is 7.86. The average Bonchev–Trinajstić information content (AvgIpc) is 3.12. The molecule has 2 unspecified atom stereocenters. The molecule has 7 heteroatoms. The van der Waals surface area contributed by atoms with Gasteiger partial charge in [-0.3, -0.25) is 9.59 Å². The fourth-order valence-corrected chi connectivity index (χ4v) is 5.38. The summed E-state index contributed by atoms with van der Waals surface area (Å²) < 4.78 is 3.10. The van der Waals surface area contributed by atoms with Crippen molar-refractivity contribution in [1.82, 2.24) is 14.4 Å². The fourth-order valence-electron chi connectivity index (χ4n) is 4.43. The summed E-state index contributed by atoms with van der Waals surface area (Å²) in [4.78, 5) is 29.2. The van der Waals surface area contributed by atoms with Gasteiger partial charge in [-0.2, -0.15) is 0 Å². The molecule has 1 saturated heterocycles. The molecule has 0 saturated carbocycles. The maximum atomic E-state index is 13.5. The third kappa shape index (κ3) is 3.07. The Bertz CT molecular complexity index is 938. The van der Waals surface area contributed by atoms with Crippen molar-refractivity contribution in [3.05, 3.63) is 56.8 Å². The normalized spacial score (nSPS) is 22.4. The van der Waals surface area contributed by atoms with Crippen molar-refractivity contribution in [1.29, 1.82) is 0 Å². The summed E-state index contributed by atoms with van der Waals surface area (Å²) in [6.07, 6.45) is 1.16. The Morgan fingerprint density at radius 1 is 1.18 bits per heavy atom. The number of fused-ring (bicyclic) bond motifs is 1. The first-order valence-corrected chi connectivity index (χ1v) is 10.7. The van der Waals surface area contributed by atoms with Crippen LogP contribution >= 0.6 is 27.5 Å². The standard InChI is InChI=1S/C21H23BrClN3O2/c1-12(2)25-17(22)10-16-20(25)19(13-4-6-14(23)7-5-13)26(21(16)28)15-8-9-18(27)24(3)11-15/h4-7,10,12,15,19H,8-9,11H2,1-3H3. The van der Waals surface area contributed by atoms with Crippen LogP contribution in [0, 0.1) is 0 Å². The van der Waals surface area contributed by atoms with Gasteiger partial charge in [-0.05, 0) is 60.0 Å². The van der Waals surface area contributed by atoms with Crippen LogP contribution in [-0.4, -0.2) is 45.8 Å². The molecular weight excluding hydrogens is 442 g/mol. The highest BCUT2D eigenvalue weighted by molar-refractivity contribution is 9.10. The first-order valence-electron chi connectivity index (χ1n) is 9.52. The molecule has 1 aromatic heterocycles. The smallest absolute Gasteiger partial charge is 0.256 e. The van der Waals surface area contributed by atoms with E-state index in [-0.39, 0.29) is 29.9 Å². The number of carbonyl (C=O) groups is 2. The number of piperidine rings is 1. The topological polar surface area (TPSA) is 45.6 Å². The minimum absolute atomic E-state index is 0.0114. The number of benzene rings is 1. The van der Waals surface area contributed by atoms with Gasteiger partial charge < -0.3 is 14.4 Å². The predicted molar refractivity (Wildman–Crippen MR) is 113 cm³/mol. The van der Waals surface area contributed by atoms with E-state index in [4.69, 9.17) is 11.6 Å². The maximum absolute atomic E-state index is 13.5. The Morgan fingerprint density at radius 2 is 1.86 bits per heavy atom. The van der Waals surface area contributed by atoms with Gasteiger partial charge in [-0.25, -0.2) is 0 Å². The molecule has 2 aliphatic heterocycles. The van der Waals surface area contributed by atoms with Crippen LogP contribution in [0.3, 0.4) is 0 Å². The third-order valence-electron chi connectivity index (χ3n) is 5.73. The van der Waals surface area contributed by atoms with Gasteiger partial charge in [-0.1, -0.05) is 23.7 Å². The lowest BCUT2D eigenvalue weighted by Gasteiger charge is -2.39. The van der Waals surface area contributed by atoms with Gasteiger partial charge in [0.25, 0.3) is 5.91 Å². The van der Waals surface area contributed by atoms with E-state index in [1.54, 1.807) is 4.90 Å². The molecule has 0 aliphatic carbocycles. The van der Waals surface area contributed by atoms with Crippen molar-refractivity contribution >= 4 is 39.3 Å². The molecule has 2 aromatic rings. The Hall–Kier alpha value is -1.79. The van der Waals surface area contributed by atoms with Gasteiger partial charge in [0.05, 0.1) is 27.9 Å². The Balaban J connectivity index is 1.84. The van der Waals surface area contributed by atoms with E-state index < -0.39 is 0 Å². The summed E-state index contributed by atoms with van der Waals surface area (Å²) in [5, 5.41) is 0.670. The summed E-state index contributed by atoms with van der Waals surface area (Å²) >= 11 is 9.75. The van der Waals surface area contributed by atoms with Gasteiger partial charge in [0.1, 0.15) is 0 Å². The molecule has 2 amide bonds. The first-order chi connectivity index (χ1) is 13.3. The van der Waals surface area contributed by atoms with Crippen molar-refractivity contribution in [3.8, 4) is 0 Å². The second-order valence-corrected chi connectivity index (χ2v) is 9.11. The number of rotatable bonds is 3. The van der Waals surface area contributed by atoms with Crippen LogP contribution in [0.1, 0.15) is 60.4 Å². The van der Waals surface area contributed by atoms with Gasteiger partial charge in [0, 0.05) is 31.1 Å². The van der Waals surface area contributed by atoms with E-state index in [1.807, 2.05) is 42.3 Å². The van der Waals surface area contributed by atoms with E-state index in [2.05, 4.69) is 34.3 Å². The zero-order valence-electron chi connectivity index (χ0n) is 16.2. The SMILES string of the molecule is CC(C)n1c(Br)cc2c1C(c1ccc(Cl)cc1)N(C1CCC(=O)N(C)C1)C2=O. The van der Waals surface area contributed by atoms with E-state index in [1.165, 1.54) is 0 Å². The molecule has 0 bridgehead atoms. The number of amides is 2. The van der Waals surface area contributed by atoms with Crippen molar-refractivity contribution in [2.24, 2.45) is 0 Å². The van der Waals surface area contributed by atoms with Crippen LogP contribution in [-0.2, 0) is 4.79 Å². The molecule has 0 N–H and O–H groups in total. The molecule has 5 nitrogen and oxygen atoms in total. The summed E-state index contributed by atoms with van der Waals surface area (Å²) in [7, 11) is 1.81. The van der Waals surface area contributed by atoms with Crippen LogP contribution in [0.15, 0.2) is 34.9 Å². The van der Waals surface area contributed by atoms with Crippen LogP contribution in [0.4, 0.5) is 0 Å². The van der Waals surface area contributed by atoms with Crippen LogP contribution in [0.2, 0.25) is 5.02 Å². The van der Waals surface area contributed by atoms with Gasteiger partial charge in [-0.15, -0.1) is 0 Å². The minimum Gasteiger partial charge on any atom is -0.344 e. The number of hydrogen-bond donors (Lipinski definition) is 0. The molecule has 1 fully saturated rings. The minimum atomic E-state index is -0.194. The lowest BCUT2D eigenvalue weighted by molar-refractivity contribution is -0.133. The number of likely N-dealkylation sites (tertiary alicyclic amines) is 1. The molecule has 0 spiro atoms. The molecule has 28 heavy (non-hydrogen) atoms. The van der Waals surface area contributed by atoms with E-state index >= 15 is 0 Å². The summed E-state index contributed by atoms with van der Waals surface area (Å²) in [6.45, 7) is 4.79. The van der Waals surface area contributed by atoms with Crippen molar-refractivity contribution in [2.45, 2.75) is 44.8 Å². The van der Waals surface area contributed by atoms with Crippen molar-refractivity contribution in [3.63, 3.8) is 0 Å². The zero-order chi connectivity index (χ0) is 20.2. The van der Waals surface area contributed by atoms with Crippen LogP contribution < -0.4 is 0 Å². The predicted octanol–water partition coefficient (Wildman–Crippen LogP) is 4.65. The second kappa shape index (κ2) is 7.23. The quantitative estimate of drug-likeness (QED) is 0.664. The number of likely N-dealkylation sites (N-methyl/N-ethyl adjacent to an activating group) is 1. The monoisotopic (exact) mass is 463 g/mol. The maximum Gasteiger partial charge on any atom is 0.256 e. The number of hydrogen-bond acceptors (Lipinski definition) is 2. The van der Waals surface area contributed by atoms with Crippen LogP contribution in [0.25, 0.3) is 0 Å². The zero-order valence-corrected chi connectivity index (χ0v) is 18.5. The lowest BCUT2D eigenvalue weighted by Crippen LogP contribution is -2.50. The highest BCUT2D eigenvalue weighted by Gasteiger charge is 2.46. The van der Waals surface area contributed by atoms with Crippen molar-refractivity contribution in [2.75, 3.05) is 13.6 Å². The Morgan fingerprint density at radius 3 is 2.46 bits per heavy atom. The lowest BCUT2D eigenvalue weighted by atomic mass is 9.98. The van der Waals surface area contributed by atoms with Gasteiger partial charge in [0.2, 0.25) is 5.91 Å². The molecule has 3 heterocycles. The fraction of sp³-hybridized carbons (Fsp3) is 0.429. The largest absolute Gasteiger partial charge is 0.344 e. The number of nitrogens with zero attached hydrogens (tertiary/aromatic N) is 3. The Labute approximate surface area is 178 Å². The molecule has 2 atom stereocenters. The van der Waals surface area contributed by atoms with E-state index in [9.17, 15) is 9.59 Å². The average molecular weight is 465 g/mol.